The summed E-state index contributed by atoms with van der Waals surface area (Å²) in [5.41, 5.74) is 0. The topological polar surface area (TPSA) is 0 Å². The van der Waals surface area contributed by atoms with Crippen molar-refractivity contribution in [1.29, 1.82) is 0 Å². The molecule has 66 valence electrons. The van der Waals surface area contributed by atoms with Crippen molar-refractivity contribution in [1.82, 2.24) is 0 Å². The van der Waals surface area contributed by atoms with E-state index in [1.165, 1.54) is 38.5 Å². The first-order valence-electron chi connectivity index (χ1n) is 4.02. The Balaban J connectivity index is 0. The molecule has 0 saturated heterocycles. The van der Waals surface area contributed by atoms with Gasteiger partial charge in [0.15, 0.2) is 0 Å². The predicted molar refractivity (Wildman–Crippen MR) is 47.2 cm³/mol. The normalized spacial score (nSPS) is 9.00. The van der Waals surface area contributed by atoms with Crippen LogP contribution in [0.3, 0.4) is 0 Å². The summed E-state index contributed by atoms with van der Waals surface area (Å²) >= 11 is 4.15. The van der Waals surface area contributed by atoms with Gasteiger partial charge in [0.25, 0.3) is 0 Å². The van der Waals surface area contributed by atoms with Gasteiger partial charge in [-0.15, -0.1) is 0 Å². The second kappa shape index (κ2) is 12.7. The van der Waals surface area contributed by atoms with E-state index in [2.05, 4.69) is 19.6 Å². The third-order valence-electron chi connectivity index (χ3n) is 1.51. The van der Waals surface area contributed by atoms with E-state index in [9.17, 15) is 0 Å². The summed E-state index contributed by atoms with van der Waals surface area (Å²) in [5.74, 6) is 1.06. The van der Waals surface area contributed by atoms with Crippen molar-refractivity contribution in [3.8, 4) is 0 Å². The molecule has 2 heteroatoms. The largest absolute Gasteiger partial charge is 1.00 e. The molecule has 0 aliphatic heterocycles. The van der Waals surface area contributed by atoms with Crippen LogP contribution in [-0.4, -0.2) is 5.75 Å². The van der Waals surface area contributed by atoms with E-state index in [4.69, 9.17) is 0 Å². The Morgan fingerprint density at radius 1 is 0.900 bits per heavy atom. The molecule has 0 N–H and O–H groups in total. The zero-order chi connectivity index (χ0) is 6.95. The fraction of sp³-hybridized carbons (Fsp3) is 1.00. The summed E-state index contributed by atoms with van der Waals surface area (Å²) in [6.07, 6.45) is 8.27. The molecule has 0 nitrogen and oxygen atoms in total. The van der Waals surface area contributed by atoms with Gasteiger partial charge in [0.2, 0.25) is 0 Å². The molecule has 0 aromatic rings. The average Bonchev–Trinajstić information content (AvgIpc) is 1.89. The molecule has 0 fully saturated rings. The van der Waals surface area contributed by atoms with Crippen LogP contribution in [0.4, 0.5) is 0 Å². The Labute approximate surface area is 86.1 Å². The zero-order valence-electron chi connectivity index (χ0n) is 6.70. The first-order valence-corrected chi connectivity index (χ1v) is 4.66. The van der Waals surface area contributed by atoms with Gasteiger partial charge in [-0.3, -0.25) is 0 Å². The number of unbranched alkanes of at least 4 members (excludes halogenated alkanes) is 5. The van der Waals surface area contributed by atoms with E-state index in [-0.39, 0.29) is 22.4 Å². The Morgan fingerprint density at radius 3 is 1.90 bits per heavy atom. The Morgan fingerprint density at radius 2 is 1.40 bits per heavy atom. The number of hydrogen-bond donors (Lipinski definition) is 1. The van der Waals surface area contributed by atoms with Gasteiger partial charge in [-0.2, -0.15) is 12.6 Å². The Bertz CT molecular complexity index is 42.5. The number of thiol groups is 1. The Hall–Kier alpha value is 1.09. The maximum atomic E-state index is 4.15. The molecule has 0 aromatic carbocycles. The molecule has 0 aromatic heterocycles. The standard InChI is InChI=1S/C8H18S.Au/c1-2-3-4-5-6-7-8-9;/h9H,2-8H2,1H3;/q;+1. The summed E-state index contributed by atoms with van der Waals surface area (Å²) in [6.45, 7) is 2.25. The van der Waals surface area contributed by atoms with Gasteiger partial charge in [0.1, 0.15) is 0 Å². The molecule has 0 rings (SSSR count). The van der Waals surface area contributed by atoms with Crippen molar-refractivity contribution in [3.63, 3.8) is 0 Å². The van der Waals surface area contributed by atoms with Crippen molar-refractivity contribution in [2.75, 3.05) is 5.75 Å². The van der Waals surface area contributed by atoms with E-state index in [1.54, 1.807) is 0 Å². The molecule has 0 radical (unpaired) electrons. The molecule has 0 aliphatic carbocycles. The minimum absolute atomic E-state index is 0. The summed E-state index contributed by atoms with van der Waals surface area (Å²) in [5, 5.41) is 0. The smallest absolute Gasteiger partial charge is 0.179 e. The first-order chi connectivity index (χ1) is 4.41. The van der Waals surface area contributed by atoms with Crippen LogP contribution in [0.5, 0.6) is 0 Å². The van der Waals surface area contributed by atoms with Crippen LogP contribution in [-0.2, 0) is 22.4 Å². The van der Waals surface area contributed by atoms with E-state index < -0.39 is 0 Å². The van der Waals surface area contributed by atoms with Crippen molar-refractivity contribution >= 4 is 12.6 Å². The predicted octanol–water partition coefficient (Wildman–Crippen LogP) is 3.27. The van der Waals surface area contributed by atoms with Gasteiger partial charge in [0.05, 0.1) is 0 Å². The van der Waals surface area contributed by atoms with E-state index in [0.29, 0.717) is 0 Å². The third kappa shape index (κ3) is 11.8. The second-order valence-electron chi connectivity index (χ2n) is 2.49. The maximum absolute atomic E-state index is 4.15. The van der Waals surface area contributed by atoms with Gasteiger partial charge < -0.3 is 0 Å². The van der Waals surface area contributed by atoms with Crippen molar-refractivity contribution < 1.29 is 22.4 Å². The zero-order valence-corrected chi connectivity index (χ0v) is 9.76. The summed E-state index contributed by atoms with van der Waals surface area (Å²) < 4.78 is 0. The van der Waals surface area contributed by atoms with Crippen molar-refractivity contribution in [2.45, 2.75) is 45.4 Å². The van der Waals surface area contributed by atoms with Crippen LogP contribution in [0.25, 0.3) is 0 Å². The molecule has 0 bridgehead atoms. The fourth-order valence-corrected chi connectivity index (χ4v) is 1.12. The van der Waals surface area contributed by atoms with E-state index in [1.807, 2.05) is 0 Å². The molecule has 0 spiro atoms. The number of hydrogen-bond acceptors (Lipinski definition) is 1. The van der Waals surface area contributed by atoms with Gasteiger partial charge >= 0.3 is 22.4 Å². The molecule has 0 heterocycles. The molecular formula is C8H18AuS+. The minimum Gasteiger partial charge on any atom is -0.179 e. The summed E-state index contributed by atoms with van der Waals surface area (Å²) in [4.78, 5) is 0. The van der Waals surface area contributed by atoms with Gasteiger partial charge in [-0.25, -0.2) is 0 Å². The maximum Gasteiger partial charge on any atom is 1.00 e. The quantitative estimate of drug-likeness (QED) is 0.427. The van der Waals surface area contributed by atoms with Crippen molar-refractivity contribution in [3.05, 3.63) is 0 Å². The molecule has 0 unspecified atom stereocenters. The number of rotatable bonds is 6. The average molecular weight is 343 g/mol. The second-order valence-corrected chi connectivity index (χ2v) is 2.94. The van der Waals surface area contributed by atoms with Crippen LogP contribution in [0, 0.1) is 0 Å². The summed E-state index contributed by atoms with van der Waals surface area (Å²) in [6, 6.07) is 0. The van der Waals surface area contributed by atoms with Crippen molar-refractivity contribution in [2.24, 2.45) is 0 Å². The van der Waals surface area contributed by atoms with Gasteiger partial charge in [-0.05, 0) is 12.2 Å². The molecular weight excluding hydrogens is 325 g/mol. The van der Waals surface area contributed by atoms with Crippen LogP contribution in [0.1, 0.15) is 45.4 Å². The molecule has 10 heavy (non-hydrogen) atoms. The molecule has 0 saturated carbocycles. The van der Waals surface area contributed by atoms with Gasteiger partial charge in [0, 0.05) is 0 Å². The van der Waals surface area contributed by atoms with Crippen LogP contribution < -0.4 is 0 Å². The molecule has 0 aliphatic rings. The van der Waals surface area contributed by atoms with Gasteiger partial charge in [-0.1, -0.05) is 39.0 Å². The molecule has 0 amide bonds. The minimum atomic E-state index is 0. The van der Waals surface area contributed by atoms with E-state index in [0.717, 1.165) is 5.75 Å². The molecule has 0 atom stereocenters. The third-order valence-corrected chi connectivity index (χ3v) is 1.83. The van der Waals surface area contributed by atoms with E-state index >= 15 is 0 Å². The van der Waals surface area contributed by atoms with Crippen LogP contribution in [0.2, 0.25) is 0 Å². The van der Waals surface area contributed by atoms with Crippen LogP contribution in [0.15, 0.2) is 0 Å². The first kappa shape index (κ1) is 13.7. The Kier molecular flexibility index (Phi) is 17.4. The summed E-state index contributed by atoms with van der Waals surface area (Å²) in [7, 11) is 0. The fourth-order valence-electron chi connectivity index (χ4n) is 0.892. The monoisotopic (exact) mass is 343 g/mol. The SMILES string of the molecule is CCCCCCCCS.[Au+]. The van der Waals surface area contributed by atoms with Crippen LogP contribution >= 0.6 is 12.6 Å².